The first kappa shape index (κ1) is 16.7. The fraction of sp³-hybridized carbons (Fsp3) is 0.312. The third-order valence-electron chi connectivity index (χ3n) is 3.55. The smallest absolute Gasteiger partial charge is 0.339 e. The van der Waals surface area contributed by atoms with Gasteiger partial charge in [0, 0.05) is 12.8 Å². The van der Waals surface area contributed by atoms with Gasteiger partial charge in [0.1, 0.15) is 11.7 Å². The summed E-state index contributed by atoms with van der Waals surface area (Å²) in [7, 11) is 1.49. The Kier molecular flexibility index (Phi) is 5.13. The van der Waals surface area contributed by atoms with Gasteiger partial charge in [0.25, 0.3) is 5.91 Å². The number of ether oxygens (including phenoxy) is 1. The van der Waals surface area contributed by atoms with E-state index in [0.29, 0.717) is 23.5 Å². The van der Waals surface area contributed by atoms with Crippen LogP contribution in [0.5, 0.6) is 0 Å². The molecular weight excluding hydrogens is 298 g/mol. The highest BCUT2D eigenvalue weighted by molar-refractivity contribution is 5.94. The van der Waals surface area contributed by atoms with Crippen LogP contribution in [0.25, 0.3) is 5.69 Å². The second-order valence-electron chi connectivity index (χ2n) is 5.03. The van der Waals surface area contributed by atoms with Gasteiger partial charge in [-0.1, -0.05) is 13.0 Å². The summed E-state index contributed by atoms with van der Waals surface area (Å²) in [6.45, 7) is 3.55. The predicted molar refractivity (Wildman–Crippen MR) is 85.0 cm³/mol. The number of nitrogens with zero attached hydrogens (tertiary/aromatic N) is 2. The minimum absolute atomic E-state index is 0.143. The Balaban J connectivity index is 2.27. The Labute approximate surface area is 133 Å². The van der Waals surface area contributed by atoms with Crippen molar-refractivity contribution < 1.29 is 19.4 Å². The molecule has 1 aromatic heterocycles. The molecule has 0 saturated heterocycles. The Morgan fingerprint density at radius 2 is 2.17 bits per heavy atom. The second-order valence-corrected chi connectivity index (χ2v) is 5.03. The van der Waals surface area contributed by atoms with Crippen LogP contribution in [-0.4, -0.2) is 40.0 Å². The van der Waals surface area contributed by atoms with E-state index in [1.165, 1.54) is 18.0 Å². The van der Waals surface area contributed by atoms with Gasteiger partial charge in [-0.2, -0.15) is 5.10 Å². The molecule has 2 N–H and O–H groups in total. The number of carboxylic acid groups (broad SMARTS) is 1. The lowest BCUT2D eigenvalue weighted by molar-refractivity contribution is -0.125. The first-order chi connectivity index (χ1) is 11.0. The number of aromatic nitrogens is 2. The number of methoxy groups -OCH3 is 1. The quantitative estimate of drug-likeness (QED) is 0.852. The number of benzene rings is 1. The third-order valence-corrected chi connectivity index (χ3v) is 3.55. The molecule has 0 fully saturated rings. The Morgan fingerprint density at radius 1 is 1.43 bits per heavy atom. The molecule has 0 radical (unpaired) electrons. The number of nitrogens with one attached hydrogen (secondary N) is 1. The molecule has 23 heavy (non-hydrogen) atoms. The standard InChI is InChI=1S/C16H19N3O4/c1-4-14(23-3)15(20)18-11-6-5-7-12(8-11)19-10(2)13(9-17-19)16(21)22/h5-9,14H,4H2,1-3H3,(H,18,20)(H,21,22). The number of aromatic carboxylic acids is 1. The van der Waals surface area contributed by atoms with E-state index in [1.54, 1.807) is 31.2 Å². The van der Waals surface area contributed by atoms with Crippen molar-refractivity contribution in [2.45, 2.75) is 26.4 Å². The number of amides is 1. The van der Waals surface area contributed by atoms with E-state index in [9.17, 15) is 9.59 Å². The number of hydrogen-bond donors (Lipinski definition) is 2. The number of carbonyl (C=O) groups is 2. The van der Waals surface area contributed by atoms with Crippen molar-refractivity contribution in [3.05, 3.63) is 41.7 Å². The predicted octanol–water partition coefficient (Wildman–Crippen LogP) is 2.24. The van der Waals surface area contributed by atoms with E-state index in [0.717, 1.165) is 0 Å². The van der Waals surface area contributed by atoms with Crippen molar-refractivity contribution in [3.8, 4) is 5.69 Å². The van der Waals surface area contributed by atoms with E-state index in [4.69, 9.17) is 9.84 Å². The summed E-state index contributed by atoms with van der Waals surface area (Å²) in [5, 5.41) is 16.0. The third kappa shape index (κ3) is 3.57. The molecule has 0 spiro atoms. The van der Waals surface area contributed by atoms with E-state index in [1.807, 2.05) is 6.92 Å². The van der Waals surface area contributed by atoms with E-state index < -0.39 is 12.1 Å². The highest BCUT2D eigenvalue weighted by atomic mass is 16.5. The molecule has 1 unspecified atom stereocenters. The summed E-state index contributed by atoms with van der Waals surface area (Å²) in [5.74, 6) is -1.25. The molecule has 0 bridgehead atoms. The summed E-state index contributed by atoms with van der Waals surface area (Å²) >= 11 is 0. The minimum atomic E-state index is -1.02. The van der Waals surface area contributed by atoms with Crippen LogP contribution in [0.2, 0.25) is 0 Å². The molecule has 0 saturated carbocycles. The molecule has 1 heterocycles. The lowest BCUT2D eigenvalue weighted by Gasteiger charge is -2.14. The van der Waals surface area contributed by atoms with Gasteiger partial charge >= 0.3 is 5.97 Å². The maximum Gasteiger partial charge on any atom is 0.339 e. The maximum absolute atomic E-state index is 12.0. The van der Waals surface area contributed by atoms with Crippen molar-refractivity contribution >= 4 is 17.6 Å². The lowest BCUT2D eigenvalue weighted by Crippen LogP contribution is -2.28. The molecule has 1 aromatic carbocycles. The van der Waals surface area contributed by atoms with Crippen molar-refractivity contribution in [2.75, 3.05) is 12.4 Å². The van der Waals surface area contributed by atoms with Crippen LogP contribution in [0, 0.1) is 6.92 Å². The van der Waals surface area contributed by atoms with Crippen LogP contribution in [0.1, 0.15) is 29.4 Å². The van der Waals surface area contributed by atoms with E-state index in [2.05, 4.69) is 10.4 Å². The van der Waals surface area contributed by atoms with Crippen molar-refractivity contribution in [2.24, 2.45) is 0 Å². The van der Waals surface area contributed by atoms with Crippen LogP contribution < -0.4 is 5.32 Å². The molecular formula is C16H19N3O4. The largest absolute Gasteiger partial charge is 0.478 e. The van der Waals surface area contributed by atoms with Gasteiger partial charge in [-0.05, 0) is 31.5 Å². The zero-order valence-electron chi connectivity index (χ0n) is 13.2. The monoisotopic (exact) mass is 317 g/mol. The van der Waals surface area contributed by atoms with Crippen LogP contribution >= 0.6 is 0 Å². The SMILES string of the molecule is CCC(OC)C(=O)Nc1cccc(-n2ncc(C(=O)O)c2C)c1. The fourth-order valence-electron chi connectivity index (χ4n) is 2.28. The van der Waals surface area contributed by atoms with Gasteiger partial charge in [-0.15, -0.1) is 0 Å². The number of anilines is 1. The van der Waals surface area contributed by atoms with Gasteiger partial charge in [0.05, 0.1) is 17.6 Å². The molecule has 2 rings (SSSR count). The Morgan fingerprint density at radius 3 is 2.74 bits per heavy atom. The van der Waals surface area contributed by atoms with Gasteiger partial charge in [0.15, 0.2) is 0 Å². The number of rotatable bonds is 6. The van der Waals surface area contributed by atoms with Crippen LogP contribution in [0.3, 0.4) is 0 Å². The number of hydrogen-bond acceptors (Lipinski definition) is 4. The average molecular weight is 317 g/mol. The van der Waals surface area contributed by atoms with Crippen LogP contribution in [-0.2, 0) is 9.53 Å². The van der Waals surface area contributed by atoms with Gasteiger partial charge in [-0.25, -0.2) is 9.48 Å². The average Bonchev–Trinajstić information content (AvgIpc) is 2.90. The molecule has 0 aliphatic carbocycles. The zero-order chi connectivity index (χ0) is 17.0. The van der Waals surface area contributed by atoms with Crippen molar-refractivity contribution in [3.63, 3.8) is 0 Å². The molecule has 0 aliphatic heterocycles. The van der Waals surface area contributed by atoms with Crippen molar-refractivity contribution in [1.29, 1.82) is 0 Å². The van der Waals surface area contributed by atoms with E-state index >= 15 is 0 Å². The summed E-state index contributed by atoms with van der Waals surface area (Å²) in [4.78, 5) is 23.1. The Hall–Kier alpha value is -2.67. The highest BCUT2D eigenvalue weighted by Gasteiger charge is 2.17. The molecule has 0 aliphatic rings. The molecule has 1 amide bonds. The summed E-state index contributed by atoms with van der Waals surface area (Å²) in [6, 6.07) is 7.03. The highest BCUT2D eigenvalue weighted by Crippen LogP contribution is 2.18. The van der Waals surface area contributed by atoms with Gasteiger partial charge < -0.3 is 15.2 Å². The Bertz CT molecular complexity index is 720. The molecule has 2 aromatic rings. The summed E-state index contributed by atoms with van der Waals surface area (Å²) in [5.41, 5.74) is 1.92. The number of carboxylic acids is 1. The first-order valence-corrected chi connectivity index (χ1v) is 7.20. The van der Waals surface area contributed by atoms with E-state index in [-0.39, 0.29) is 11.5 Å². The molecule has 1 atom stereocenters. The first-order valence-electron chi connectivity index (χ1n) is 7.20. The second kappa shape index (κ2) is 7.06. The lowest BCUT2D eigenvalue weighted by atomic mass is 10.2. The summed E-state index contributed by atoms with van der Waals surface area (Å²) < 4.78 is 6.62. The topological polar surface area (TPSA) is 93.5 Å². The van der Waals surface area contributed by atoms with Crippen LogP contribution in [0.4, 0.5) is 5.69 Å². The maximum atomic E-state index is 12.0. The zero-order valence-corrected chi connectivity index (χ0v) is 13.2. The molecule has 7 heteroatoms. The van der Waals surface area contributed by atoms with Crippen LogP contribution in [0.15, 0.2) is 30.5 Å². The fourth-order valence-corrected chi connectivity index (χ4v) is 2.28. The van der Waals surface area contributed by atoms with Gasteiger partial charge in [-0.3, -0.25) is 4.79 Å². The minimum Gasteiger partial charge on any atom is -0.478 e. The number of carbonyl (C=O) groups excluding carboxylic acids is 1. The molecule has 7 nitrogen and oxygen atoms in total. The normalized spacial score (nSPS) is 12.0. The van der Waals surface area contributed by atoms with Crippen molar-refractivity contribution in [1.82, 2.24) is 9.78 Å². The molecule has 122 valence electrons. The summed E-state index contributed by atoms with van der Waals surface area (Å²) in [6.07, 6.45) is 1.37. The van der Waals surface area contributed by atoms with Gasteiger partial charge in [0.2, 0.25) is 0 Å².